The van der Waals surface area contributed by atoms with E-state index in [1.807, 2.05) is 24.3 Å². The van der Waals surface area contributed by atoms with Gasteiger partial charge in [0, 0.05) is 10.0 Å². The number of Topliss-reactive ketones (excluding diaryl/α,β-unsaturated/α-hetero) is 1. The number of amides is 1. The first-order valence-corrected chi connectivity index (χ1v) is 9.29. The van der Waals surface area contributed by atoms with Crippen LogP contribution in [-0.2, 0) is 4.79 Å². The highest BCUT2D eigenvalue weighted by atomic mass is 79.9. The van der Waals surface area contributed by atoms with Crippen molar-refractivity contribution >= 4 is 62.0 Å². The molecular formula is C18H12BrNO3S2. The van der Waals surface area contributed by atoms with Gasteiger partial charge in [0.1, 0.15) is 10.1 Å². The average Bonchev–Trinajstić information content (AvgIpc) is 2.92. The van der Waals surface area contributed by atoms with E-state index in [4.69, 9.17) is 17.0 Å². The molecule has 1 saturated heterocycles. The maximum Gasteiger partial charge on any atom is 0.263 e. The molecule has 1 fully saturated rings. The number of thioether (sulfide) groups is 1. The fourth-order valence-electron chi connectivity index (χ4n) is 2.10. The van der Waals surface area contributed by atoms with Crippen LogP contribution in [0.15, 0.2) is 57.9 Å². The molecule has 0 saturated carbocycles. The Morgan fingerprint density at radius 2 is 1.84 bits per heavy atom. The Bertz CT molecular complexity index is 861. The highest BCUT2D eigenvalue weighted by Gasteiger charge is 2.21. The molecule has 0 atom stereocenters. The highest BCUT2D eigenvalue weighted by Crippen LogP contribution is 2.26. The molecule has 0 aromatic heterocycles. The standard InChI is InChI=1S/C18H12BrNO3S2/c19-13-5-3-12(4-6-13)15(21)10-23-14-7-1-11(2-8-14)9-16-17(22)20-18(24)25-16/h1-9H,10H2,(H,20,22,24)/b16-9-. The van der Waals surface area contributed by atoms with Crippen LogP contribution in [0, 0.1) is 0 Å². The summed E-state index contributed by atoms with van der Waals surface area (Å²) in [6.45, 7) is -0.0331. The number of carbonyl (C=O) groups excluding carboxylic acids is 2. The number of halogens is 1. The third-order valence-corrected chi connectivity index (χ3v) is 5.05. The van der Waals surface area contributed by atoms with Crippen molar-refractivity contribution in [3.63, 3.8) is 0 Å². The van der Waals surface area contributed by atoms with Crippen LogP contribution in [0.4, 0.5) is 0 Å². The molecule has 3 rings (SSSR count). The topological polar surface area (TPSA) is 55.4 Å². The lowest BCUT2D eigenvalue weighted by Crippen LogP contribution is -2.17. The van der Waals surface area contributed by atoms with Crippen LogP contribution in [0.1, 0.15) is 15.9 Å². The first-order valence-electron chi connectivity index (χ1n) is 7.28. The van der Waals surface area contributed by atoms with E-state index in [-0.39, 0.29) is 18.3 Å². The molecule has 0 unspecified atom stereocenters. The Kier molecular flexibility index (Phi) is 5.67. The van der Waals surface area contributed by atoms with E-state index in [9.17, 15) is 9.59 Å². The Hall–Kier alpha value is -1.96. The summed E-state index contributed by atoms with van der Waals surface area (Å²) in [7, 11) is 0. The SMILES string of the molecule is O=C1NC(=S)S/C1=C\c1ccc(OCC(=O)c2ccc(Br)cc2)cc1. The number of rotatable bonds is 5. The smallest absolute Gasteiger partial charge is 0.263 e. The summed E-state index contributed by atoms with van der Waals surface area (Å²) in [5.74, 6) is 0.313. The number of thiocarbonyl (C=S) groups is 1. The molecule has 4 nitrogen and oxygen atoms in total. The van der Waals surface area contributed by atoms with Crippen LogP contribution in [0.25, 0.3) is 6.08 Å². The Balaban J connectivity index is 1.60. The minimum atomic E-state index is -0.185. The van der Waals surface area contributed by atoms with Gasteiger partial charge in [-0.1, -0.05) is 64.2 Å². The van der Waals surface area contributed by atoms with Gasteiger partial charge in [0.15, 0.2) is 12.4 Å². The summed E-state index contributed by atoms with van der Waals surface area (Å²) >= 11 is 9.52. The van der Waals surface area contributed by atoms with Gasteiger partial charge in [0.05, 0.1) is 4.91 Å². The van der Waals surface area contributed by atoms with Crippen molar-refractivity contribution < 1.29 is 14.3 Å². The predicted octanol–water partition coefficient (Wildman–Crippen LogP) is 4.20. The second-order valence-electron chi connectivity index (χ2n) is 5.14. The minimum Gasteiger partial charge on any atom is -0.485 e. The van der Waals surface area contributed by atoms with Crippen LogP contribution in [0.2, 0.25) is 0 Å². The molecule has 7 heteroatoms. The van der Waals surface area contributed by atoms with E-state index in [1.54, 1.807) is 30.3 Å². The summed E-state index contributed by atoms with van der Waals surface area (Å²) in [5, 5.41) is 2.57. The number of ether oxygens (including phenoxy) is 1. The van der Waals surface area contributed by atoms with Crippen LogP contribution < -0.4 is 10.1 Å². The highest BCUT2D eigenvalue weighted by molar-refractivity contribution is 9.10. The van der Waals surface area contributed by atoms with Gasteiger partial charge in [-0.3, -0.25) is 9.59 Å². The molecule has 1 heterocycles. The number of carbonyl (C=O) groups is 2. The second kappa shape index (κ2) is 7.95. The summed E-state index contributed by atoms with van der Waals surface area (Å²) in [4.78, 5) is 24.3. The van der Waals surface area contributed by atoms with Crippen molar-refractivity contribution in [2.24, 2.45) is 0 Å². The van der Waals surface area contributed by atoms with Crippen LogP contribution in [0.3, 0.4) is 0 Å². The first-order chi connectivity index (χ1) is 12.0. The molecule has 0 radical (unpaired) electrons. The molecule has 0 bridgehead atoms. The van der Waals surface area contributed by atoms with Gasteiger partial charge in [-0.25, -0.2) is 0 Å². The molecule has 0 aliphatic carbocycles. The number of ketones is 1. The molecule has 126 valence electrons. The summed E-state index contributed by atoms with van der Waals surface area (Å²) < 4.78 is 6.91. The summed E-state index contributed by atoms with van der Waals surface area (Å²) in [5.41, 5.74) is 1.46. The number of hydrogen-bond acceptors (Lipinski definition) is 5. The lowest BCUT2D eigenvalue weighted by atomic mass is 10.1. The van der Waals surface area contributed by atoms with Crippen molar-refractivity contribution in [3.8, 4) is 5.75 Å². The van der Waals surface area contributed by atoms with Gasteiger partial charge in [0.2, 0.25) is 0 Å². The normalized spacial score (nSPS) is 15.3. The van der Waals surface area contributed by atoms with Gasteiger partial charge >= 0.3 is 0 Å². The van der Waals surface area contributed by atoms with E-state index >= 15 is 0 Å². The van der Waals surface area contributed by atoms with Gasteiger partial charge in [-0.15, -0.1) is 0 Å². The molecule has 25 heavy (non-hydrogen) atoms. The van der Waals surface area contributed by atoms with E-state index in [1.165, 1.54) is 11.8 Å². The van der Waals surface area contributed by atoms with Crippen molar-refractivity contribution in [3.05, 3.63) is 69.0 Å². The summed E-state index contributed by atoms with van der Waals surface area (Å²) in [6, 6.07) is 14.3. The van der Waals surface area contributed by atoms with E-state index < -0.39 is 0 Å². The minimum absolute atomic E-state index is 0.0331. The Morgan fingerprint density at radius 3 is 2.44 bits per heavy atom. The predicted molar refractivity (Wildman–Crippen MR) is 107 cm³/mol. The van der Waals surface area contributed by atoms with Gasteiger partial charge in [-0.2, -0.15) is 0 Å². The van der Waals surface area contributed by atoms with E-state index in [0.717, 1.165) is 10.0 Å². The van der Waals surface area contributed by atoms with Crippen LogP contribution in [-0.4, -0.2) is 22.6 Å². The molecule has 0 spiro atoms. The van der Waals surface area contributed by atoms with Crippen molar-refractivity contribution in [2.75, 3.05) is 6.61 Å². The second-order valence-corrected chi connectivity index (χ2v) is 7.77. The average molecular weight is 434 g/mol. The lowest BCUT2D eigenvalue weighted by Gasteiger charge is -2.06. The zero-order chi connectivity index (χ0) is 17.8. The lowest BCUT2D eigenvalue weighted by molar-refractivity contribution is -0.115. The van der Waals surface area contributed by atoms with Crippen LogP contribution in [0.5, 0.6) is 5.75 Å². The zero-order valence-electron chi connectivity index (χ0n) is 12.8. The quantitative estimate of drug-likeness (QED) is 0.434. The fourth-order valence-corrected chi connectivity index (χ4v) is 3.41. The van der Waals surface area contributed by atoms with Crippen LogP contribution >= 0.6 is 39.9 Å². The summed E-state index contributed by atoms with van der Waals surface area (Å²) in [6.07, 6.45) is 1.76. The third-order valence-electron chi connectivity index (χ3n) is 3.36. The van der Waals surface area contributed by atoms with E-state index in [0.29, 0.717) is 20.5 Å². The van der Waals surface area contributed by atoms with Crippen molar-refractivity contribution in [1.29, 1.82) is 0 Å². The molecule has 1 amide bonds. The maximum atomic E-state index is 12.1. The van der Waals surface area contributed by atoms with Gasteiger partial charge < -0.3 is 10.1 Å². The van der Waals surface area contributed by atoms with E-state index in [2.05, 4.69) is 21.2 Å². The Morgan fingerprint density at radius 1 is 1.16 bits per heavy atom. The molecule has 2 aromatic carbocycles. The largest absolute Gasteiger partial charge is 0.485 e. The zero-order valence-corrected chi connectivity index (χ0v) is 16.0. The maximum absolute atomic E-state index is 12.1. The van der Waals surface area contributed by atoms with Crippen molar-refractivity contribution in [2.45, 2.75) is 0 Å². The van der Waals surface area contributed by atoms with Gasteiger partial charge in [0.25, 0.3) is 5.91 Å². The number of benzene rings is 2. The molecule has 1 aliphatic rings. The first kappa shape index (κ1) is 17.8. The fraction of sp³-hybridized carbons (Fsp3) is 0.0556. The molecule has 1 aliphatic heterocycles. The molecule has 2 aromatic rings. The Labute approximate surface area is 162 Å². The van der Waals surface area contributed by atoms with Gasteiger partial charge in [-0.05, 0) is 35.9 Å². The third kappa shape index (κ3) is 4.78. The molecular weight excluding hydrogens is 422 g/mol. The number of hydrogen-bond donors (Lipinski definition) is 1. The van der Waals surface area contributed by atoms with Crippen molar-refractivity contribution in [1.82, 2.24) is 5.32 Å². The monoisotopic (exact) mass is 433 g/mol. The molecule has 1 N–H and O–H groups in total. The number of nitrogens with one attached hydrogen (secondary N) is 1.